The first-order chi connectivity index (χ1) is 15.7. The smallest absolute Gasteiger partial charge is 0.261 e. The van der Waals surface area contributed by atoms with Crippen molar-refractivity contribution in [1.82, 2.24) is 10.6 Å². The Morgan fingerprint density at radius 3 is 2.18 bits per heavy atom. The second-order valence-corrected chi connectivity index (χ2v) is 9.38. The van der Waals surface area contributed by atoms with E-state index in [0.29, 0.717) is 17.8 Å². The number of benzene rings is 3. The molecular weight excluding hydrogens is 438 g/mol. The summed E-state index contributed by atoms with van der Waals surface area (Å²) in [5, 5.41) is 5.50. The summed E-state index contributed by atoms with van der Waals surface area (Å²) in [5.74, 6) is -0.496. The summed E-state index contributed by atoms with van der Waals surface area (Å²) < 4.78 is 27.7. The SMILES string of the molecule is Cc1ccc(S(=O)(=O)Nc2ccc(C(=O)NCCC(=O)NCc3ccccc3)cc2)cc1C. The molecule has 0 radical (unpaired) electrons. The minimum Gasteiger partial charge on any atom is -0.352 e. The third kappa shape index (κ3) is 6.92. The number of aryl methyl sites for hydroxylation is 2. The highest BCUT2D eigenvalue weighted by molar-refractivity contribution is 7.92. The highest BCUT2D eigenvalue weighted by Gasteiger charge is 2.15. The lowest BCUT2D eigenvalue weighted by Gasteiger charge is -2.11. The molecule has 3 aromatic carbocycles. The van der Waals surface area contributed by atoms with Crippen molar-refractivity contribution in [2.24, 2.45) is 0 Å². The van der Waals surface area contributed by atoms with Gasteiger partial charge in [-0.25, -0.2) is 8.42 Å². The van der Waals surface area contributed by atoms with Crippen molar-refractivity contribution in [3.63, 3.8) is 0 Å². The second kappa shape index (κ2) is 10.8. The van der Waals surface area contributed by atoms with Gasteiger partial charge in [0.15, 0.2) is 0 Å². The van der Waals surface area contributed by atoms with Gasteiger partial charge in [-0.05, 0) is 66.9 Å². The van der Waals surface area contributed by atoms with Crippen molar-refractivity contribution >= 4 is 27.5 Å². The molecule has 0 aliphatic rings. The largest absolute Gasteiger partial charge is 0.352 e. The number of amides is 2. The lowest BCUT2D eigenvalue weighted by Crippen LogP contribution is -2.30. The molecule has 0 aliphatic carbocycles. The summed E-state index contributed by atoms with van der Waals surface area (Å²) in [6.45, 7) is 4.41. The molecule has 33 heavy (non-hydrogen) atoms. The predicted octanol–water partition coefficient (Wildman–Crippen LogP) is 3.54. The highest BCUT2D eigenvalue weighted by atomic mass is 32.2. The zero-order valence-electron chi connectivity index (χ0n) is 18.6. The Kier molecular flexibility index (Phi) is 7.84. The van der Waals surface area contributed by atoms with E-state index in [9.17, 15) is 18.0 Å². The summed E-state index contributed by atoms with van der Waals surface area (Å²) in [6.07, 6.45) is 0.159. The van der Waals surface area contributed by atoms with Crippen LogP contribution in [-0.2, 0) is 21.4 Å². The molecule has 0 saturated heterocycles. The van der Waals surface area contributed by atoms with Crippen molar-refractivity contribution < 1.29 is 18.0 Å². The molecule has 3 rings (SSSR count). The summed E-state index contributed by atoms with van der Waals surface area (Å²) in [6, 6.07) is 20.6. The Hall–Kier alpha value is -3.65. The van der Waals surface area contributed by atoms with Crippen molar-refractivity contribution in [1.29, 1.82) is 0 Å². The summed E-state index contributed by atoms with van der Waals surface area (Å²) in [7, 11) is -3.73. The van der Waals surface area contributed by atoms with Crippen LogP contribution in [-0.4, -0.2) is 26.8 Å². The molecule has 0 bridgehead atoms. The van der Waals surface area contributed by atoms with Crippen LogP contribution in [0.5, 0.6) is 0 Å². The molecule has 7 nitrogen and oxygen atoms in total. The molecule has 0 aromatic heterocycles. The van der Waals surface area contributed by atoms with Crippen LogP contribution in [0.15, 0.2) is 77.7 Å². The van der Waals surface area contributed by atoms with Crippen LogP contribution in [0.1, 0.15) is 33.5 Å². The van der Waals surface area contributed by atoms with Gasteiger partial charge in [0.2, 0.25) is 5.91 Å². The van der Waals surface area contributed by atoms with Crippen molar-refractivity contribution in [2.75, 3.05) is 11.3 Å². The van der Waals surface area contributed by atoms with Crippen molar-refractivity contribution in [3.05, 3.63) is 95.1 Å². The third-order valence-corrected chi connectivity index (χ3v) is 6.54. The number of carbonyl (C=O) groups is 2. The van der Waals surface area contributed by atoms with Gasteiger partial charge in [-0.1, -0.05) is 36.4 Å². The number of carbonyl (C=O) groups excluding carboxylic acids is 2. The summed E-state index contributed by atoms with van der Waals surface area (Å²) in [5.41, 5.74) is 3.62. The Labute approximate surface area is 194 Å². The van der Waals surface area contributed by atoms with E-state index >= 15 is 0 Å². The summed E-state index contributed by atoms with van der Waals surface area (Å²) >= 11 is 0. The first-order valence-corrected chi connectivity index (χ1v) is 12.0. The minimum absolute atomic E-state index is 0.157. The molecule has 172 valence electrons. The number of anilines is 1. The van der Waals surface area contributed by atoms with E-state index in [0.717, 1.165) is 16.7 Å². The molecule has 2 amide bonds. The van der Waals surface area contributed by atoms with Crippen LogP contribution >= 0.6 is 0 Å². The predicted molar refractivity (Wildman–Crippen MR) is 128 cm³/mol. The van der Waals surface area contributed by atoms with Crippen molar-refractivity contribution in [2.45, 2.75) is 31.7 Å². The van der Waals surface area contributed by atoms with Crippen LogP contribution in [0.3, 0.4) is 0 Å². The maximum absolute atomic E-state index is 12.6. The van der Waals surface area contributed by atoms with E-state index in [2.05, 4.69) is 15.4 Å². The average molecular weight is 466 g/mol. The zero-order chi connectivity index (χ0) is 23.8. The maximum Gasteiger partial charge on any atom is 0.261 e. The summed E-state index contributed by atoms with van der Waals surface area (Å²) in [4.78, 5) is 24.4. The molecule has 8 heteroatoms. The Bertz CT molecular complexity index is 1220. The molecular formula is C25H27N3O4S. The van der Waals surface area contributed by atoms with Gasteiger partial charge in [0.05, 0.1) is 4.90 Å². The minimum atomic E-state index is -3.73. The van der Waals surface area contributed by atoms with Crippen LogP contribution in [0, 0.1) is 13.8 Å². The molecule has 0 atom stereocenters. The van der Waals surface area contributed by atoms with E-state index in [-0.39, 0.29) is 29.7 Å². The topological polar surface area (TPSA) is 104 Å². The fourth-order valence-electron chi connectivity index (χ4n) is 3.06. The number of sulfonamides is 1. The fourth-order valence-corrected chi connectivity index (χ4v) is 4.20. The molecule has 0 unspecified atom stereocenters. The lowest BCUT2D eigenvalue weighted by atomic mass is 10.1. The number of rotatable bonds is 9. The Morgan fingerprint density at radius 1 is 0.818 bits per heavy atom. The van der Waals surface area contributed by atoms with Crippen LogP contribution in [0.25, 0.3) is 0 Å². The molecule has 0 spiro atoms. The highest BCUT2D eigenvalue weighted by Crippen LogP contribution is 2.19. The van der Waals surface area contributed by atoms with Gasteiger partial charge >= 0.3 is 0 Å². The Balaban J connectivity index is 1.48. The van der Waals surface area contributed by atoms with E-state index in [1.54, 1.807) is 18.2 Å². The number of nitrogens with one attached hydrogen (secondary N) is 3. The van der Waals surface area contributed by atoms with Crippen molar-refractivity contribution in [3.8, 4) is 0 Å². The van der Waals surface area contributed by atoms with Gasteiger partial charge in [0.25, 0.3) is 15.9 Å². The van der Waals surface area contributed by atoms with E-state index < -0.39 is 10.0 Å². The van der Waals surface area contributed by atoms with Gasteiger partial charge in [-0.2, -0.15) is 0 Å². The molecule has 0 heterocycles. The van der Waals surface area contributed by atoms with Gasteiger partial charge in [-0.3, -0.25) is 14.3 Å². The molecule has 3 N–H and O–H groups in total. The third-order valence-electron chi connectivity index (χ3n) is 5.16. The van der Waals surface area contributed by atoms with Gasteiger partial charge < -0.3 is 10.6 Å². The molecule has 3 aromatic rings. The first-order valence-electron chi connectivity index (χ1n) is 10.5. The Morgan fingerprint density at radius 2 is 1.52 bits per heavy atom. The van der Waals surface area contributed by atoms with E-state index in [4.69, 9.17) is 0 Å². The van der Waals surface area contributed by atoms with Gasteiger partial charge in [0, 0.05) is 30.8 Å². The normalized spacial score (nSPS) is 11.0. The van der Waals surface area contributed by atoms with Gasteiger partial charge in [-0.15, -0.1) is 0 Å². The standard InChI is InChI=1S/C25H27N3O4S/c1-18-8-13-23(16-19(18)2)33(31,32)28-22-11-9-21(10-12-22)25(30)26-15-14-24(29)27-17-20-6-4-3-5-7-20/h3-13,16,28H,14-15,17H2,1-2H3,(H,26,30)(H,27,29). The first kappa shape index (κ1) is 24.0. The van der Waals surface area contributed by atoms with E-state index in [1.807, 2.05) is 44.2 Å². The van der Waals surface area contributed by atoms with Crippen LogP contribution in [0.4, 0.5) is 5.69 Å². The fraction of sp³-hybridized carbons (Fsp3) is 0.200. The maximum atomic E-state index is 12.6. The number of hydrogen-bond donors (Lipinski definition) is 3. The molecule has 0 fully saturated rings. The quantitative estimate of drug-likeness (QED) is 0.450. The van der Waals surface area contributed by atoms with Crippen LogP contribution in [0.2, 0.25) is 0 Å². The van der Waals surface area contributed by atoms with Gasteiger partial charge in [0.1, 0.15) is 0 Å². The second-order valence-electron chi connectivity index (χ2n) is 7.70. The number of hydrogen-bond acceptors (Lipinski definition) is 4. The van der Waals surface area contributed by atoms with Crippen LogP contribution < -0.4 is 15.4 Å². The lowest BCUT2D eigenvalue weighted by molar-refractivity contribution is -0.121. The monoisotopic (exact) mass is 465 g/mol. The molecule has 0 saturated carbocycles. The molecule has 0 aliphatic heterocycles. The van der Waals surface area contributed by atoms with E-state index in [1.165, 1.54) is 24.3 Å². The zero-order valence-corrected chi connectivity index (χ0v) is 19.4. The average Bonchev–Trinajstić information content (AvgIpc) is 2.80.